The molecule has 1 aliphatic rings. The van der Waals surface area contributed by atoms with Gasteiger partial charge in [0.2, 0.25) is 0 Å². The second-order valence-corrected chi connectivity index (χ2v) is 6.85. The molecule has 26 heavy (non-hydrogen) atoms. The fraction of sp³-hybridized carbons (Fsp3) is 0.316. The number of hydrogen-bond acceptors (Lipinski definition) is 4. The Morgan fingerprint density at radius 1 is 1.35 bits per heavy atom. The number of aromatic nitrogens is 2. The van der Waals surface area contributed by atoms with Crippen molar-refractivity contribution in [2.45, 2.75) is 19.6 Å². The van der Waals surface area contributed by atoms with Crippen molar-refractivity contribution in [1.82, 2.24) is 15.1 Å². The highest BCUT2D eigenvalue weighted by atomic mass is 35.5. The number of nitrogens with one attached hydrogen (secondary N) is 1. The molecule has 0 spiro atoms. The van der Waals surface area contributed by atoms with Crippen LogP contribution in [0.4, 0.5) is 4.39 Å². The summed E-state index contributed by atoms with van der Waals surface area (Å²) in [7, 11) is 0. The maximum Gasteiger partial charge on any atom is 0.152 e. The zero-order chi connectivity index (χ0) is 18.1. The van der Waals surface area contributed by atoms with Crippen LogP contribution in [0.5, 0.6) is 0 Å². The summed E-state index contributed by atoms with van der Waals surface area (Å²) in [5.74, 6) is 1.29. The highest BCUT2D eigenvalue weighted by Crippen LogP contribution is 2.31. The summed E-state index contributed by atoms with van der Waals surface area (Å²) in [6.07, 6.45) is 1.64. The highest BCUT2D eigenvalue weighted by molar-refractivity contribution is 6.31. The van der Waals surface area contributed by atoms with Crippen LogP contribution < -0.4 is 0 Å². The van der Waals surface area contributed by atoms with Crippen LogP contribution in [0.15, 0.2) is 40.9 Å². The molecule has 1 N–H and O–H groups in total. The van der Waals surface area contributed by atoms with Gasteiger partial charge < -0.3 is 9.15 Å². The van der Waals surface area contributed by atoms with Crippen molar-refractivity contribution in [1.29, 1.82) is 0 Å². The predicted molar refractivity (Wildman–Crippen MR) is 96.4 cm³/mol. The van der Waals surface area contributed by atoms with Crippen LogP contribution in [-0.2, 0) is 11.3 Å². The Hall–Kier alpha value is -2.15. The van der Waals surface area contributed by atoms with Crippen molar-refractivity contribution in [3.63, 3.8) is 0 Å². The van der Waals surface area contributed by atoms with E-state index in [0.717, 1.165) is 34.9 Å². The number of aryl methyl sites for hydroxylation is 1. The highest BCUT2D eigenvalue weighted by Gasteiger charge is 2.25. The Balaban J connectivity index is 1.50. The number of morpholine rings is 1. The van der Waals surface area contributed by atoms with Gasteiger partial charge in [-0.25, -0.2) is 4.39 Å². The van der Waals surface area contributed by atoms with E-state index in [4.69, 9.17) is 20.8 Å². The minimum absolute atomic E-state index is 0.182. The van der Waals surface area contributed by atoms with E-state index in [1.165, 1.54) is 12.1 Å². The summed E-state index contributed by atoms with van der Waals surface area (Å²) < 4.78 is 24.9. The van der Waals surface area contributed by atoms with Crippen LogP contribution in [-0.4, -0.2) is 34.8 Å². The van der Waals surface area contributed by atoms with Gasteiger partial charge in [-0.05, 0) is 31.2 Å². The zero-order valence-corrected chi connectivity index (χ0v) is 15.1. The molecular weight excluding hydrogens is 357 g/mol. The van der Waals surface area contributed by atoms with E-state index in [0.29, 0.717) is 24.7 Å². The van der Waals surface area contributed by atoms with Gasteiger partial charge in [-0.2, -0.15) is 5.10 Å². The van der Waals surface area contributed by atoms with Crippen LogP contribution in [0.25, 0.3) is 11.5 Å². The molecule has 0 amide bonds. The Kier molecular flexibility index (Phi) is 4.80. The van der Waals surface area contributed by atoms with Crippen LogP contribution >= 0.6 is 11.6 Å². The molecule has 0 aliphatic carbocycles. The lowest BCUT2D eigenvalue weighted by atomic mass is 10.1. The van der Waals surface area contributed by atoms with Gasteiger partial charge in [0.1, 0.15) is 17.3 Å². The van der Waals surface area contributed by atoms with Gasteiger partial charge in [-0.3, -0.25) is 10.00 Å². The van der Waals surface area contributed by atoms with Gasteiger partial charge >= 0.3 is 0 Å². The summed E-state index contributed by atoms with van der Waals surface area (Å²) in [4.78, 5) is 2.28. The standard InChI is InChI=1S/C19H19ClFN3O2/c1-12-2-5-17(26-12)19-13(9-22-23-19)10-24-6-7-25-18(11-24)15-4-3-14(21)8-16(15)20/h2-5,8-9,18H,6-7,10-11H2,1H3,(H,22,23). The molecule has 3 aromatic rings. The molecule has 1 fully saturated rings. The molecule has 136 valence electrons. The molecule has 3 heterocycles. The minimum atomic E-state index is -0.344. The van der Waals surface area contributed by atoms with E-state index in [1.54, 1.807) is 6.07 Å². The van der Waals surface area contributed by atoms with Crippen molar-refractivity contribution in [3.05, 3.63) is 64.3 Å². The van der Waals surface area contributed by atoms with Crippen LogP contribution in [0, 0.1) is 12.7 Å². The molecule has 0 radical (unpaired) electrons. The van der Waals surface area contributed by atoms with E-state index in [9.17, 15) is 4.39 Å². The fourth-order valence-corrected chi connectivity index (χ4v) is 3.54. The topological polar surface area (TPSA) is 54.3 Å². The summed E-state index contributed by atoms with van der Waals surface area (Å²) in [5.41, 5.74) is 2.76. The molecule has 1 aliphatic heterocycles. The minimum Gasteiger partial charge on any atom is -0.460 e. The van der Waals surface area contributed by atoms with Crippen molar-refractivity contribution < 1.29 is 13.5 Å². The fourth-order valence-electron chi connectivity index (χ4n) is 3.25. The largest absolute Gasteiger partial charge is 0.460 e. The van der Waals surface area contributed by atoms with Crippen LogP contribution in [0.1, 0.15) is 23.0 Å². The number of aromatic amines is 1. The monoisotopic (exact) mass is 375 g/mol. The first-order valence-electron chi connectivity index (χ1n) is 8.48. The van der Waals surface area contributed by atoms with Crippen LogP contribution in [0.2, 0.25) is 5.02 Å². The first-order valence-corrected chi connectivity index (χ1v) is 8.86. The molecule has 5 nitrogen and oxygen atoms in total. The molecule has 1 atom stereocenters. The molecule has 4 rings (SSSR count). The summed E-state index contributed by atoms with van der Waals surface area (Å²) in [5, 5.41) is 7.58. The Morgan fingerprint density at radius 2 is 2.23 bits per heavy atom. The van der Waals surface area contributed by atoms with Gasteiger partial charge in [0.25, 0.3) is 0 Å². The maximum absolute atomic E-state index is 13.3. The second-order valence-electron chi connectivity index (χ2n) is 6.44. The van der Waals surface area contributed by atoms with E-state index >= 15 is 0 Å². The van der Waals surface area contributed by atoms with Crippen molar-refractivity contribution >= 4 is 11.6 Å². The third kappa shape index (κ3) is 3.53. The van der Waals surface area contributed by atoms with Gasteiger partial charge in [-0.15, -0.1) is 0 Å². The van der Waals surface area contributed by atoms with Crippen molar-refractivity contribution in [2.24, 2.45) is 0 Å². The lowest BCUT2D eigenvalue weighted by molar-refractivity contribution is -0.0328. The summed E-state index contributed by atoms with van der Waals surface area (Å²) in [6, 6.07) is 8.30. The van der Waals surface area contributed by atoms with Gasteiger partial charge in [-0.1, -0.05) is 17.7 Å². The zero-order valence-electron chi connectivity index (χ0n) is 14.3. The van der Waals surface area contributed by atoms with Crippen molar-refractivity contribution in [2.75, 3.05) is 19.7 Å². The van der Waals surface area contributed by atoms with E-state index in [1.807, 2.05) is 25.3 Å². The van der Waals surface area contributed by atoms with Crippen molar-refractivity contribution in [3.8, 4) is 11.5 Å². The smallest absolute Gasteiger partial charge is 0.152 e. The lowest BCUT2D eigenvalue weighted by Crippen LogP contribution is -2.37. The number of hydrogen-bond donors (Lipinski definition) is 1. The normalized spacial score (nSPS) is 18.3. The van der Waals surface area contributed by atoms with Gasteiger partial charge in [0.05, 0.1) is 18.9 Å². The SMILES string of the molecule is Cc1ccc(-c2[nH]ncc2CN2CCOC(c3ccc(F)cc3Cl)C2)o1. The quantitative estimate of drug-likeness (QED) is 0.736. The molecule has 0 bridgehead atoms. The molecule has 2 aromatic heterocycles. The number of ether oxygens (including phenoxy) is 1. The van der Waals surface area contributed by atoms with Gasteiger partial charge in [0.15, 0.2) is 5.76 Å². The molecule has 1 aromatic carbocycles. The molecule has 1 unspecified atom stereocenters. The Bertz CT molecular complexity index is 908. The molecule has 1 saturated heterocycles. The molecule has 0 saturated carbocycles. The predicted octanol–water partition coefficient (Wildman–Crippen LogP) is 4.34. The average molecular weight is 376 g/mol. The second kappa shape index (κ2) is 7.23. The number of H-pyrrole nitrogens is 1. The lowest BCUT2D eigenvalue weighted by Gasteiger charge is -2.33. The summed E-state index contributed by atoms with van der Waals surface area (Å²) in [6.45, 7) is 4.69. The summed E-state index contributed by atoms with van der Waals surface area (Å²) >= 11 is 6.19. The third-order valence-electron chi connectivity index (χ3n) is 4.56. The molecular formula is C19H19ClFN3O2. The van der Waals surface area contributed by atoms with E-state index in [2.05, 4.69) is 15.1 Å². The number of furan rings is 1. The van der Waals surface area contributed by atoms with E-state index in [-0.39, 0.29) is 11.9 Å². The number of nitrogens with zero attached hydrogens (tertiary/aromatic N) is 2. The maximum atomic E-state index is 13.3. The Labute approximate surface area is 155 Å². The number of halogens is 2. The first-order chi connectivity index (χ1) is 12.6. The van der Waals surface area contributed by atoms with Gasteiger partial charge in [0, 0.05) is 35.8 Å². The average Bonchev–Trinajstić information content (AvgIpc) is 3.24. The molecule has 7 heteroatoms. The third-order valence-corrected chi connectivity index (χ3v) is 4.89. The Morgan fingerprint density at radius 3 is 3.00 bits per heavy atom. The van der Waals surface area contributed by atoms with Crippen LogP contribution in [0.3, 0.4) is 0 Å². The van der Waals surface area contributed by atoms with E-state index < -0.39 is 0 Å². The number of benzene rings is 1. The number of rotatable bonds is 4. The first kappa shape index (κ1) is 17.3.